The molecule has 15 heteroatoms. The van der Waals surface area contributed by atoms with E-state index in [2.05, 4.69) is 40.7 Å². The smallest absolute Gasteiger partial charge is 0.310 e. The van der Waals surface area contributed by atoms with Crippen LogP contribution in [0.5, 0.6) is 0 Å². The predicted octanol–water partition coefficient (Wildman–Crippen LogP) is 0.824. The van der Waals surface area contributed by atoms with Crippen LogP contribution in [0.1, 0.15) is 99.8 Å². The minimum absolute atomic E-state index is 0.0840. The van der Waals surface area contributed by atoms with E-state index >= 15 is 0 Å². The second-order valence-corrected chi connectivity index (χ2v) is 20.9. The van der Waals surface area contributed by atoms with Crippen LogP contribution in [0.3, 0.4) is 0 Å². The third kappa shape index (κ3) is 6.35. The van der Waals surface area contributed by atoms with E-state index in [1.54, 1.807) is 0 Å². The van der Waals surface area contributed by atoms with Crippen LogP contribution in [0.25, 0.3) is 0 Å². The maximum atomic E-state index is 13.7. The van der Waals surface area contributed by atoms with Gasteiger partial charge in [0.1, 0.15) is 48.8 Å². The highest BCUT2D eigenvalue weighted by Crippen LogP contribution is 2.76. The molecule has 2 saturated heterocycles. The molecule has 6 fully saturated rings. The lowest BCUT2D eigenvalue weighted by Gasteiger charge is -2.71. The molecule has 0 aromatic rings. The van der Waals surface area contributed by atoms with E-state index in [9.17, 15) is 55.9 Å². The molecule has 0 aromatic heterocycles. The topological polar surface area (TPSA) is 256 Å². The molecule has 7 rings (SSSR count). The van der Waals surface area contributed by atoms with Gasteiger partial charge in [-0.3, -0.25) is 4.79 Å². The number of carboxylic acids is 1. The van der Waals surface area contributed by atoms with Crippen molar-refractivity contribution in [1.82, 2.24) is 0 Å². The molecular formula is C42H68O15. The highest BCUT2D eigenvalue weighted by molar-refractivity contribution is 5.77. The zero-order chi connectivity index (χ0) is 42.0. The number of fused-ring (bicyclic) bond motifs is 7. The summed E-state index contributed by atoms with van der Waals surface area (Å²) in [5, 5.41) is 107. The van der Waals surface area contributed by atoms with E-state index in [-0.39, 0.29) is 40.4 Å². The number of hydrogen-bond acceptors (Lipinski definition) is 14. The fraction of sp³-hybridized carbons (Fsp3) is 0.929. The van der Waals surface area contributed by atoms with Crippen molar-refractivity contribution in [3.8, 4) is 0 Å². The van der Waals surface area contributed by atoms with Crippen LogP contribution in [-0.2, 0) is 23.7 Å². The molecule has 0 aromatic carbocycles. The maximum absolute atomic E-state index is 13.7. The fourth-order valence-corrected chi connectivity index (χ4v) is 13.8. The largest absolute Gasteiger partial charge is 0.481 e. The molecule has 2 aliphatic heterocycles. The second kappa shape index (κ2) is 14.7. The van der Waals surface area contributed by atoms with Crippen molar-refractivity contribution < 1.29 is 74.8 Å². The first-order chi connectivity index (χ1) is 26.4. The van der Waals surface area contributed by atoms with Crippen LogP contribution < -0.4 is 0 Å². The van der Waals surface area contributed by atoms with Gasteiger partial charge in [-0.1, -0.05) is 60.1 Å². The van der Waals surface area contributed by atoms with Gasteiger partial charge in [-0.05, 0) is 96.2 Å². The highest BCUT2D eigenvalue weighted by atomic mass is 16.8. The second-order valence-electron chi connectivity index (χ2n) is 20.9. The van der Waals surface area contributed by atoms with E-state index in [0.717, 1.165) is 24.8 Å². The lowest BCUT2D eigenvalue weighted by molar-refractivity contribution is -0.377. The van der Waals surface area contributed by atoms with Crippen molar-refractivity contribution in [2.45, 2.75) is 180 Å². The van der Waals surface area contributed by atoms with Crippen LogP contribution in [0.15, 0.2) is 11.6 Å². The number of aliphatic hydroxyl groups excluding tert-OH is 9. The number of carbonyl (C=O) groups is 1. The summed E-state index contributed by atoms with van der Waals surface area (Å²) >= 11 is 0. The van der Waals surface area contributed by atoms with Crippen LogP contribution in [0, 0.1) is 50.2 Å². The van der Waals surface area contributed by atoms with E-state index in [0.29, 0.717) is 25.7 Å². The van der Waals surface area contributed by atoms with Gasteiger partial charge in [0.05, 0.1) is 36.9 Å². The minimum Gasteiger partial charge on any atom is -0.481 e. The Labute approximate surface area is 335 Å². The van der Waals surface area contributed by atoms with Crippen LogP contribution in [-0.4, -0.2) is 150 Å². The molecule has 5 aliphatic carbocycles. The molecule has 0 spiro atoms. The Kier molecular flexibility index (Phi) is 11.3. The zero-order valence-electron chi connectivity index (χ0n) is 34.4. The van der Waals surface area contributed by atoms with E-state index in [1.807, 2.05) is 13.8 Å². The van der Waals surface area contributed by atoms with Gasteiger partial charge < -0.3 is 70.0 Å². The van der Waals surface area contributed by atoms with Crippen molar-refractivity contribution >= 4 is 5.97 Å². The zero-order valence-corrected chi connectivity index (χ0v) is 34.4. The van der Waals surface area contributed by atoms with E-state index < -0.39 is 115 Å². The molecule has 326 valence electrons. The summed E-state index contributed by atoms with van der Waals surface area (Å²) in [5.41, 5.74) is -1.94. The van der Waals surface area contributed by atoms with Gasteiger partial charge in [-0.2, -0.15) is 0 Å². The molecule has 57 heavy (non-hydrogen) atoms. The van der Waals surface area contributed by atoms with Crippen LogP contribution in [0.4, 0.5) is 0 Å². The predicted molar refractivity (Wildman–Crippen MR) is 201 cm³/mol. The third-order valence-corrected chi connectivity index (χ3v) is 17.4. The van der Waals surface area contributed by atoms with Gasteiger partial charge in [0.15, 0.2) is 12.6 Å². The number of ether oxygens (including phenoxy) is 4. The monoisotopic (exact) mass is 812 g/mol. The molecule has 4 saturated carbocycles. The van der Waals surface area contributed by atoms with Crippen LogP contribution >= 0.6 is 0 Å². The molecule has 15 nitrogen and oxygen atoms in total. The highest BCUT2D eigenvalue weighted by Gasteiger charge is 2.71. The Bertz CT molecular complexity index is 1550. The summed E-state index contributed by atoms with van der Waals surface area (Å²) in [4.78, 5) is 13.7. The minimum atomic E-state index is -1.83. The van der Waals surface area contributed by atoms with Gasteiger partial charge in [0.2, 0.25) is 0 Å². The van der Waals surface area contributed by atoms with Crippen molar-refractivity contribution in [2.24, 2.45) is 50.2 Å². The first-order valence-electron chi connectivity index (χ1n) is 21.0. The molecule has 0 bridgehead atoms. The summed E-state index contributed by atoms with van der Waals surface area (Å²) in [5.74, 6) is -0.827. The molecule has 20 atom stereocenters. The van der Waals surface area contributed by atoms with Gasteiger partial charge in [-0.15, -0.1) is 0 Å². The van der Waals surface area contributed by atoms with Gasteiger partial charge >= 0.3 is 5.97 Å². The molecule has 0 amide bonds. The summed E-state index contributed by atoms with van der Waals surface area (Å²) in [7, 11) is 0. The van der Waals surface area contributed by atoms with Crippen molar-refractivity contribution in [1.29, 1.82) is 0 Å². The van der Waals surface area contributed by atoms with Gasteiger partial charge in [0.25, 0.3) is 0 Å². The summed E-state index contributed by atoms with van der Waals surface area (Å²) < 4.78 is 24.1. The van der Waals surface area contributed by atoms with E-state index in [1.165, 1.54) is 0 Å². The number of hydrogen-bond donors (Lipinski definition) is 10. The van der Waals surface area contributed by atoms with Crippen molar-refractivity contribution in [2.75, 3.05) is 13.2 Å². The molecular weight excluding hydrogens is 744 g/mol. The number of carboxylic acid groups (broad SMARTS) is 1. The summed E-state index contributed by atoms with van der Waals surface area (Å²) in [6.45, 7) is 13.7. The number of rotatable bonds is 7. The number of aliphatic hydroxyl groups is 9. The quantitative estimate of drug-likeness (QED) is 0.126. The SMILES string of the molecule is CC1(C)CC2C3=CCC4C5(C)CC(O)C(O)C(C)(C)C5CCC4(C)C3(C)CCC2(C(=O)O)CC1OC1OC(CO)C(O)C(O)C1OC1OC(CO)C(O)C(O)C1O. The van der Waals surface area contributed by atoms with Crippen molar-refractivity contribution in [3.63, 3.8) is 0 Å². The number of allylic oxidation sites excluding steroid dienone is 2. The fourth-order valence-electron chi connectivity index (χ4n) is 13.8. The summed E-state index contributed by atoms with van der Waals surface area (Å²) in [6.07, 6.45) is -11.6. The number of aliphatic carboxylic acids is 1. The Hall–Kier alpha value is -1.31. The van der Waals surface area contributed by atoms with Crippen LogP contribution in [0.2, 0.25) is 0 Å². The Morgan fingerprint density at radius 2 is 1.35 bits per heavy atom. The van der Waals surface area contributed by atoms with Gasteiger partial charge in [-0.25, -0.2) is 0 Å². The lowest BCUT2D eigenvalue weighted by atomic mass is 9.33. The third-order valence-electron chi connectivity index (χ3n) is 17.4. The summed E-state index contributed by atoms with van der Waals surface area (Å²) in [6, 6.07) is 0. The Balaban J connectivity index is 1.19. The van der Waals surface area contributed by atoms with Crippen molar-refractivity contribution in [3.05, 3.63) is 11.6 Å². The average molecular weight is 813 g/mol. The van der Waals surface area contributed by atoms with E-state index in [4.69, 9.17) is 18.9 Å². The average Bonchev–Trinajstić information content (AvgIpc) is 3.14. The van der Waals surface area contributed by atoms with Gasteiger partial charge in [0, 0.05) is 0 Å². The molecule has 10 N–H and O–H groups in total. The Morgan fingerprint density at radius 1 is 0.737 bits per heavy atom. The molecule has 0 radical (unpaired) electrons. The standard InChI is InChI=1S/C42H68O15/c1-37(2)14-20-19-8-9-25-39(5)15-21(45)33(51)38(3,4)24(39)10-11-41(25,7)40(19,6)12-13-42(20,36(52)53)16-26(37)56-35-32(30(49)28(47)23(18-44)55-35)57-34-31(50)29(48)27(46)22(17-43)54-34/h8,20-35,43-51H,9-18H2,1-7H3,(H,52,53). The first-order valence-corrected chi connectivity index (χ1v) is 21.0. The lowest BCUT2D eigenvalue weighted by Crippen LogP contribution is -2.68. The molecule has 20 unspecified atom stereocenters. The Morgan fingerprint density at radius 3 is 1.96 bits per heavy atom. The first kappa shape index (κ1) is 43.8. The molecule has 2 heterocycles. The maximum Gasteiger partial charge on any atom is 0.310 e. The normalized spacial score (nSPS) is 54.4. The molecule has 7 aliphatic rings.